The molecule has 0 N–H and O–H groups in total. The molecule has 0 bridgehead atoms. The average molecular weight is 288 g/mol. The highest BCUT2D eigenvalue weighted by molar-refractivity contribution is 5.75. The van der Waals surface area contributed by atoms with E-state index in [1.54, 1.807) is 0 Å². The molecule has 112 valence electrons. The smallest absolute Gasteiger partial charge is 0.313 e. The minimum Gasteiger partial charge on any atom is -0.460 e. The molecule has 0 amide bonds. The normalized spacial score (nSPS) is 21.3. The molecule has 0 saturated carbocycles. The van der Waals surface area contributed by atoms with Crippen LogP contribution in [0.1, 0.15) is 32.3 Å². The number of ether oxygens (including phenoxy) is 2. The number of allylic oxidation sites excluding steroid dienone is 1. The molecule has 1 aromatic rings. The lowest BCUT2D eigenvalue weighted by Gasteiger charge is -2.27. The van der Waals surface area contributed by atoms with E-state index in [1.165, 1.54) is 6.92 Å². The second-order valence-corrected chi connectivity index (χ2v) is 5.33. The molecule has 21 heavy (non-hydrogen) atoms. The molecular formula is C17H20O4. The summed E-state index contributed by atoms with van der Waals surface area (Å²) in [7, 11) is 0. The van der Waals surface area contributed by atoms with Gasteiger partial charge in [0.25, 0.3) is 0 Å². The Labute approximate surface area is 124 Å². The van der Waals surface area contributed by atoms with Crippen molar-refractivity contribution in [3.05, 3.63) is 47.5 Å². The SMILES string of the molecule is CC(=O)O[C@H]1C=C(C)CC[C@@H]1C(=O)OCc1ccccc1. The van der Waals surface area contributed by atoms with Crippen LogP contribution in [0.5, 0.6) is 0 Å². The molecule has 0 radical (unpaired) electrons. The zero-order valence-electron chi connectivity index (χ0n) is 12.4. The van der Waals surface area contributed by atoms with Crippen molar-refractivity contribution in [1.82, 2.24) is 0 Å². The zero-order chi connectivity index (χ0) is 15.2. The Bertz CT molecular complexity index is 533. The van der Waals surface area contributed by atoms with Crippen molar-refractivity contribution < 1.29 is 19.1 Å². The molecule has 2 atom stereocenters. The van der Waals surface area contributed by atoms with Crippen molar-refractivity contribution in [3.8, 4) is 0 Å². The van der Waals surface area contributed by atoms with Crippen LogP contribution in [0.15, 0.2) is 42.0 Å². The van der Waals surface area contributed by atoms with Crippen LogP contribution < -0.4 is 0 Å². The number of hydrogen-bond donors (Lipinski definition) is 0. The quantitative estimate of drug-likeness (QED) is 0.631. The Morgan fingerprint density at radius 1 is 1.24 bits per heavy atom. The van der Waals surface area contributed by atoms with Crippen molar-refractivity contribution in [2.75, 3.05) is 0 Å². The fraction of sp³-hybridized carbons (Fsp3) is 0.412. The first-order valence-corrected chi connectivity index (χ1v) is 7.11. The van der Waals surface area contributed by atoms with Crippen molar-refractivity contribution in [1.29, 1.82) is 0 Å². The molecular weight excluding hydrogens is 268 g/mol. The molecule has 4 heteroatoms. The molecule has 0 aromatic heterocycles. The van der Waals surface area contributed by atoms with E-state index in [1.807, 2.05) is 43.3 Å². The maximum Gasteiger partial charge on any atom is 0.313 e. The molecule has 0 heterocycles. The van der Waals surface area contributed by atoms with E-state index in [0.717, 1.165) is 17.6 Å². The van der Waals surface area contributed by atoms with Gasteiger partial charge >= 0.3 is 11.9 Å². The van der Waals surface area contributed by atoms with Gasteiger partial charge in [-0.1, -0.05) is 35.9 Å². The van der Waals surface area contributed by atoms with Crippen molar-refractivity contribution in [2.45, 2.75) is 39.4 Å². The van der Waals surface area contributed by atoms with Gasteiger partial charge in [-0.2, -0.15) is 0 Å². The summed E-state index contributed by atoms with van der Waals surface area (Å²) in [5, 5.41) is 0. The van der Waals surface area contributed by atoms with E-state index >= 15 is 0 Å². The molecule has 0 aliphatic heterocycles. The van der Waals surface area contributed by atoms with Crippen LogP contribution in [0.4, 0.5) is 0 Å². The van der Waals surface area contributed by atoms with Gasteiger partial charge in [-0.25, -0.2) is 0 Å². The average Bonchev–Trinajstić information content (AvgIpc) is 2.45. The van der Waals surface area contributed by atoms with E-state index in [0.29, 0.717) is 6.42 Å². The first-order chi connectivity index (χ1) is 10.1. The van der Waals surface area contributed by atoms with E-state index in [-0.39, 0.29) is 18.5 Å². The Morgan fingerprint density at radius 3 is 2.62 bits per heavy atom. The van der Waals surface area contributed by atoms with Crippen LogP contribution in [0, 0.1) is 5.92 Å². The highest BCUT2D eigenvalue weighted by atomic mass is 16.6. The Hall–Kier alpha value is -2.10. The van der Waals surface area contributed by atoms with Crippen molar-refractivity contribution >= 4 is 11.9 Å². The molecule has 1 aliphatic rings. The molecule has 2 rings (SSSR count). The minimum atomic E-state index is -0.514. The molecule has 0 fully saturated rings. The highest BCUT2D eigenvalue weighted by Crippen LogP contribution is 2.27. The van der Waals surface area contributed by atoms with E-state index < -0.39 is 12.0 Å². The van der Waals surface area contributed by atoms with Crippen LogP contribution in [0.3, 0.4) is 0 Å². The zero-order valence-corrected chi connectivity index (χ0v) is 12.4. The predicted octanol–water partition coefficient (Wildman–Crippen LogP) is 3.02. The van der Waals surface area contributed by atoms with Gasteiger partial charge in [0.1, 0.15) is 12.7 Å². The topological polar surface area (TPSA) is 52.6 Å². The van der Waals surface area contributed by atoms with Crippen molar-refractivity contribution in [2.24, 2.45) is 5.92 Å². The number of carbonyl (C=O) groups excluding carboxylic acids is 2. The van der Waals surface area contributed by atoms with Crippen LogP contribution in [0.25, 0.3) is 0 Å². The molecule has 4 nitrogen and oxygen atoms in total. The first-order valence-electron chi connectivity index (χ1n) is 7.11. The van der Waals surface area contributed by atoms with Gasteiger partial charge in [-0.15, -0.1) is 0 Å². The summed E-state index contributed by atoms with van der Waals surface area (Å²) in [6.45, 7) is 3.57. The highest BCUT2D eigenvalue weighted by Gasteiger charge is 2.33. The largest absolute Gasteiger partial charge is 0.460 e. The third-order valence-electron chi connectivity index (χ3n) is 3.52. The maximum absolute atomic E-state index is 12.2. The number of rotatable bonds is 4. The van der Waals surface area contributed by atoms with Gasteiger partial charge in [0.2, 0.25) is 0 Å². The van der Waals surface area contributed by atoms with Gasteiger partial charge in [-0.05, 0) is 31.4 Å². The summed E-state index contributed by atoms with van der Waals surface area (Å²) in [6, 6.07) is 9.52. The lowest BCUT2D eigenvalue weighted by Crippen LogP contribution is -2.34. The molecule has 1 aromatic carbocycles. The van der Waals surface area contributed by atoms with E-state index in [2.05, 4.69) is 0 Å². The number of benzene rings is 1. The minimum absolute atomic E-state index is 0.242. The van der Waals surface area contributed by atoms with Gasteiger partial charge in [0.05, 0.1) is 5.92 Å². The standard InChI is InChI=1S/C17H20O4/c1-12-8-9-15(16(10-12)21-13(2)18)17(19)20-11-14-6-4-3-5-7-14/h3-7,10,15-16H,8-9,11H2,1-2H3/t15-,16-/m0/s1. The monoisotopic (exact) mass is 288 g/mol. The van der Waals surface area contributed by atoms with Crippen LogP contribution in [-0.4, -0.2) is 18.0 Å². The summed E-state index contributed by atoms with van der Waals surface area (Å²) in [4.78, 5) is 23.4. The third-order valence-corrected chi connectivity index (χ3v) is 3.52. The maximum atomic E-state index is 12.2. The Kier molecular flexibility index (Phi) is 5.14. The van der Waals surface area contributed by atoms with Gasteiger partial charge < -0.3 is 9.47 Å². The summed E-state index contributed by atoms with van der Waals surface area (Å²) < 4.78 is 10.6. The summed E-state index contributed by atoms with van der Waals surface area (Å²) in [6.07, 6.45) is 2.80. The predicted molar refractivity (Wildman–Crippen MR) is 78.3 cm³/mol. The number of carbonyl (C=O) groups is 2. The van der Waals surface area contributed by atoms with E-state index in [9.17, 15) is 9.59 Å². The van der Waals surface area contributed by atoms with E-state index in [4.69, 9.17) is 9.47 Å². The Morgan fingerprint density at radius 2 is 1.95 bits per heavy atom. The fourth-order valence-electron chi connectivity index (χ4n) is 2.42. The Balaban J connectivity index is 1.98. The lowest BCUT2D eigenvalue weighted by molar-refractivity contribution is -0.159. The summed E-state index contributed by atoms with van der Waals surface area (Å²) in [5.41, 5.74) is 2.07. The van der Waals surface area contributed by atoms with Gasteiger partial charge in [-0.3, -0.25) is 9.59 Å². The molecule has 0 spiro atoms. The molecule has 1 aliphatic carbocycles. The van der Waals surface area contributed by atoms with Crippen LogP contribution >= 0.6 is 0 Å². The lowest BCUT2D eigenvalue weighted by atomic mass is 9.87. The first kappa shape index (κ1) is 15.3. The van der Waals surface area contributed by atoms with Gasteiger partial charge in [0, 0.05) is 6.92 Å². The molecule has 0 saturated heterocycles. The summed E-state index contributed by atoms with van der Waals surface area (Å²) >= 11 is 0. The third kappa shape index (κ3) is 4.45. The van der Waals surface area contributed by atoms with Crippen LogP contribution in [-0.2, 0) is 25.7 Å². The number of hydrogen-bond acceptors (Lipinski definition) is 4. The van der Waals surface area contributed by atoms with Gasteiger partial charge in [0.15, 0.2) is 0 Å². The van der Waals surface area contributed by atoms with Crippen molar-refractivity contribution in [3.63, 3.8) is 0 Å². The summed E-state index contributed by atoms with van der Waals surface area (Å²) in [5.74, 6) is -1.11. The number of esters is 2. The second-order valence-electron chi connectivity index (χ2n) is 5.33. The fourth-order valence-corrected chi connectivity index (χ4v) is 2.42. The molecule has 0 unspecified atom stereocenters. The van der Waals surface area contributed by atoms with Crippen LogP contribution in [0.2, 0.25) is 0 Å². The second kappa shape index (κ2) is 7.07.